The molecule has 0 bridgehead atoms. The summed E-state index contributed by atoms with van der Waals surface area (Å²) in [4.78, 5) is 1.25. The summed E-state index contributed by atoms with van der Waals surface area (Å²) in [7, 11) is 0. The van der Waals surface area contributed by atoms with Gasteiger partial charge in [0.25, 0.3) is 0 Å². The van der Waals surface area contributed by atoms with E-state index in [-0.39, 0.29) is 4.83 Å². The summed E-state index contributed by atoms with van der Waals surface area (Å²) < 4.78 is 0. The van der Waals surface area contributed by atoms with Crippen molar-refractivity contribution < 1.29 is 0 Å². The van der Waals surface area contributed by atoms with E-state index in [4.69, 9.17) is 0 Å². The van der Waals surface area contributed by atoms with Crippen LogP contribution < -0.4 is 0 Å². The van der Waals surface area contributed by atoms with Crippen molar-refractivity contribution in [3.8, 4) is 0 Å². The van der Waals surface area contributed by atoms with E-state index in [0.717, 1.165) is 11.8 Å². The molecule has 0 N–H and O–H groups in total. The van der Waals surface area contributed by atoms with Crippen molar-refractivity contribution in [1.82, 2.24) is 0 Å². The standard InChI is InChI=1S/C6H9Br4/c1-4(8)6(10)2-5(9)3-7/h4-6H,1-3H2. The van der Waals surface area contributed by atoms with Gasteiger partial charge in [0, 0.05) is 19.8 Å². The quantitative estimate of drug-likeness (QED) is 0.628. The highest BCUT2D eigenvalue weighted by Gasteiger charge is 2.14. The minimum Gasteiger partial charge on any atom is -0.0916 e. The van der Waals surface area contributed by atoms with E-state index in [9.17, 15) is 0 Å². The minimum atomic E-state index is 0.284. The lowest BCUT2D eigenvalue weighted by molar-refractivity contribution is 0.799. The molecular formula is C6H9Br4. The maximum absolute atomic E-state index is 3.86. The van der Waals surface area contributed by atoms with Crippen LogP contribution in [-0.4, -0.2) is 19.8 Å². The first kappa shape index (κ1) is 11.9. The molecule has 0 aliphatic carbocycles. The zero-order valence-corrected chi connectivity index (χ0v) is 11.7. The summed E-state index contributed by atoms with van der Waals surface area (Å²) in [6.07, 6.45) is 1.07. The van der Waals surface area contributed by atoms with Crippen LogP contribution in [0, 0.1) is 6.92 Å². The summed E-state index contributed by atoms with van der Waals surface area (Å²) in [6, 6.07) is 0. The molecule has 10 heavy (non-hydrogen) atoms. The highest BCUT2D eigenvalue weighted by molar-refractivity contribution is 9.12. The molecule has 3 atom stereocenters. The third-order valence-corrected chi connectivity index (χ3v) is 5.75. The Morgan fingerprint density at radius 2 is 1.70 bits per heavy atom. The molecule has 0 heterocycles. The van der Waals surface area contributed by atoms with Gasteiger partial charge in [-0.3, -0.25) is 0 Å². The van der Waals surface area contributed by atoms with Gasteiger partial charge >= 0.3 is 0 Å². The molecule has 0 amide bonds. The van der Waals surface area contributed by atoms with Crippen LogP contribution in [0.2, 0.25) is 0 Å². The monoisotopic (exact) mass is 397 g/mol. The number of hydrogen-bond acceptors (Lipinski definition) is 0. The zero-order valence-electron chi connectivity index (χ0n) is 5.37. The Morgan fingerprint density at radius 3 is 2.00 bits per heavy atom. The number of rotatable bonds is 4. The van der Waals surface area contributed by atoms with Gasteiger partial charge in [-0.05, 0) is 13.3 Å². The van der Waals surface area contributed by atoms with Gasteiger partial charge in [-0.1, -0.05) is 63.7 Å². The summed E-state index contributed by atoms with van der Waals surface area (Å²) in [6.45, 7) is 3.86. The molecule has 61 valence electrons. The zero-order chi connectivity index (χ0) is 8.15. The number of halogens is 4. The smallest absolute Gasteiger partial charge is 0.0282 e. The van der Waals surface area contributed by atoms with Crippen LogP contribution in [0.15, 0.2) is 0 Å². The normalized spacial score (nSPS) is 20.1. The maximum atomic E-state index is 3.86. The maximum Gasteiger partial charge on any atom is 0.0282 e. The van der Waals surface area contributed by atoms with Crippen molar-refractivity contribution in [2.75, 3.05) is 5.33 Å². The molecule has 0 aliphatic rings. The van der Waals surface area contributed by atoms with Crippen molar-refractivity contribution in [2.45, 2.75) is 20.9 Å². The van der Waals surface area contributed by atoms with E-state index >= 15 is 0 Å². The van der Waals surface area contributed by atoms with Crippen LogP contribution in [0.4, 0.5) is 0 Å². The Balaban J connectivity index is 3.46. The molecule has 0 spiro atoms. The van der Waals surface area contributed by atoms with E-state index in [1.165, 1.54) is 0 Å². The lowest BCUT2D eigenvalue weighted by atomic mass is 10.2. The van der Waals surface area contributed by atoms with Crippen LogP contribution in [-0.2, 0) is 0 Å². The fourth-order valence-corrected chi connectivity index (χ4v) is 2.29. The van der Waals surface area contributed by atoms with E-state index in [0.29, 0.717) is 9.65 Å². The second kappa shape index (κ2) is 6.44. The molecule has 0 aromatic rings. The lowest BCUT2D eigenvalue weighted by Gasteiger charge is -2.14. The van der Waals surface area contributed by atoms with Gasteiger partial charge in [-0.2, -0.15) is 0 Å². The Labute approximate surface area is 96.0 Å². The summed E-state index contributed by atoms with van der Waals surface area (Å²) >= 11 is 13.8. The molecule has 0 fully saturated rings. The molecule has 0 saturated heterocycles. The molecule has 0 saturated carbocycles. The van der Waals surface area contributed by atoms with Gasteiger partial charge in [0.2, 0.25) is 0 Å². The van der Waals surface area contributed by atoms with Crippen LogP contribution >= 0.6 is 63.7 Å². The molecular weight excluding hydrogens is 392 g/mol. The van der Waals surface area contributed by atoms with Crippen molar-refractivity contribution >= 4 is 63.7 Å². The third kappa shape index (κ3) is 5.56. The Hall–Kier alpha value is 1.92. The molecule has 1 radical (unpaired) electrons. The van der Waals surface area contributed by atoms with Crippen LogP contribution in [0.3, 0.4) is 0 Å². The highest BCUT2D eigenvalue weighted by Crippen LogP contribution is 2.22. The van der Waals surface area contributed by atoms with Crippen molar-refractivity contribution in [3.05, 3.63) is 6.92 Å². The third-order valence-electron chi connectivity index (χ3n) is 1.04. The second-order valence-electron chi connectivity index (χ2n) is 2.02. The highest BCUT2D eigenvalue weighted by atomic mass is 79.9. The van der Waals surface area contributed by atoms with Crippen LogP contribution in [0.5, 0.6) is 0 Å². The van der Waals surface area contributed by atoms with E-state index in [2.05, 4.69) is 70.6 Å². The molecule has 4 heteroatoms. The van der Waals surface area contributed by atoms with Gasteiger partial charge in [-0.15, -0.1) is 0 Å². The predicted molar refractivity (Wildman–Crippen MR) is 61.9 cm³/mol. The van der Waals surface area contributed by atoms with E-state index in [1.807, 2.05) is 0 Å². The number of alkyl halides is 4. The molecule has 0 rings (SSSR count). The summed E-state index contributed by atoms with van der Waals surface area (Å²) in [5.74, 6) is 0. The summed E-state index contributed by atoms with van der Waals surface area (Å²) in [5.41, 5.74) is 0. The van der Waals surface area contributed by atoms with Gasteiger partial charge in [0.15, 0.2) is 0 Å². The fourth-order valence-electron chi connectivity index (χ4n) is 0.455. The van der Waals surface area contributed by atoms with E-state index < -0.39 is 0 Å². The van der Waals surface area contributed by atoms with Gasteiger partial charge in [0.1, 0.15) is 0 Å². The van der Waals surface area contributed by atoms with E-state index in [1.54, 1.807) is 0 Å². The fraction of sp³-hybridized carbons (Fsp3) is 0.833. The number of hydrogen-bond donors (Lipinski definition) is 0. The average Bonchev–Trinajstić information content (AvgIpc) is 1.87. The van der Waals surface area contributed by atoms with Gasteiger partial charge < -0.3 is 0 Å². The largest absolute Gasteiger partial charge is 0.0916 e. The Bertz CT molecular complexity index is 83.8. The van der Waals surface area contributed by atoms with Gasteiger partial charge in [0.05, 0.1) is 0 Å². The molecule has 0 aromatic carbocycles. The predicted octanol–water partition coefficient (Wildman–Crippen LogP) is 3.90. The summed E-state index contributed by atoms with van der Waals surface area (Å²) in [5, 5.41) is 0.981. The van der Waals surface area contributed by atoms with Crippen molar-refractivity contribution in [3.63, 3.8) is 0 Å². The average molecular weight is 401 g/mol. The lowest BCUT2D eigenvalue weighted by Crippen LogP contribution is -2.16. The molecule has 3 unspecified atom stereocenters. The Morgan fingerprint density at radius 1 is 1.20 bits per heavy atom. The van der Waals surface area contributed by atoms with Crippen molar-refractivity contribution in [1.29, 1.82) is 0 Å². The molecule has 0 aliphatic heterocycles. The van der Waals surface area contributed by atoms with Gasteiger partial charge in [-0.25, -0.2) is 0 Å². The SMILES string of the molecule is [CH2]C(Br)C(Br)CC(Br)CBr. The topological polar surface area (TPSA) is 0 Å². The molecule has 0 nitrogen and oxygen atoms in total. The first-order valence-corrected chi connectivity index (χ1v) is 6.76. The Kier molecular flexibility index (Phi) is 7.67. The van der Waals surface area contributed by atoms with Crippen LogP contribution in [0.25, 0.3) is 0 Å². The van der Waals surface area contributed by atoms with Crippen LogP contribution in [0.1, 0.15) is 6.42 Å². The first-order valence-electron chi connectivity index (χ1n) is 2.89. The van der Waals surface area contributed by atoms with Crippen molar-refractivity contribution in [2.24, 2.45) is 0 Å². The molecule has 0 aromatic heterocycles. The second-order valence-corrected chi connectivity index (χ2v) is 6.31. The minimum absolute atomic E-state index is 0.284. The first-order chi connectivity index (χ1) is 4.57.